The lowest BCUT2D eigenvalue weighted by molar-refractivity contribution is 0.796. The molecule has 3 aromatic rings. The Labute approximate surface area is 123 Å². The number of nitrogens with two attached hydrogens (primary N) is 1. The van der Waals surface area contributed by atoms with Crippen LogP contribution in [0.4, 0.5) is 0 Å². The van der Waals surface area contributed by atoms with Gasteiger partial charge in [0.2, 0.25) is 0 Å². The van der Waals surface area contributed by atoms with Gasteiger partial charge < -0.3 is 10.3 Å². The molecule has 1 aromatic heterocycles. The van der Waals surface area contributed by atoms with Gasteiger partial charge in [-0.1, -0.05) is 41.9 Å². The molecule has 2 aromatic carbocycles. The second-order valence-electron chi connectivity index (χ2n) is 4.69. The Kier molecular flexibility index (Phi) is 3.47. The number of fused-ring (bicyclic) bond motifs is 1. The largest absolute Gasteiger partial charge is 0.326 e. The van der Waals surface area contributed by atoms with Crippen molar-refractivity contribution in [1.29, 1.82) is 0 Å². The molecule has 0 unspecified atom stereocenters. The van der Waals surface area contributed by atoms with Gasteiger partial charge in [0.05, 0.1) is 16.1 Å². The number of rotatable bonds is 3. The number of hydrogen-bond acceptors (Lipinski definition) is 2. The Hall–Kier alpha value is -1.84. The van der Waals surface area contributed by atoms with E-state index in [1.165, 1.54) is 0 Å². The number of benzene rings is 2. The van der Waals surface area contributed by atoms with Crippen LogP contribution in [-0.4, -0.2) is 9.55 Å². The second kappa shape index (κ2) is 5.27. The van der Waals surface area contributed by atoms with Crippen molar-refractivity contribution in [3.63, 3.8) is 0 Å². The first-order valence-corrected chi connectivity index (χ1v) is 7.06. The number of hydrogen-bond donors (Lipinski definition) is 1. The molecule has 0 aliphatic carbocycles. The Morgan fingerprint density at radius 1 is 1.15 bits per heavy atom. The summed E-state index contributed by atoms with van der Waals surface area (Å²) < 4.78 is 2.15. The molecule has 3 nitrogen and oxygen atoms in total. The normalized spacial score (nSPS) is 11.2. The molecule has 0 aliphatic heterocycles. The van der Waals surface area contributed by atoms with Gasteiger partial charge in [0.25, 0.3) is 0 Å². The summed E-state index contributed by atoms with van der Waals surface area (Å²) >= 11 is 6.31. The molecule has 0 aliphatic rings. The van der Waals surface area contributed by atoms with Crippen LogP contribution in [0.3, 0.4) is 0 Å². The minimum Gasteiger partial charge on any atom is -0.326 e. The van der Waals surface area contributed by atoms with Crippen molar-refractivity contribution in [2.75, 3.05) is 0 Å². The maximum atomic E-state index is 6.31. The highest BCUT2D eigenvalue weighted by Crippen LogP contribution is 2.29. The van der Waals surface area contributed by atoms with Gasteiger partial charge in [0.1, 0.15) is 5.82 Å². The lowest BCUT2D eigenvalue weighted by Gasteiger charge is -2.07. The third kappa shape index (κ3) is 2.09. The lowest BCUT2D eigenvalue weighted by Crippen LogP contribution is -1.99. The summed E-state index contributed by atoms with van der Waals surface area (Å²) in [5.74, 6) is 0.944. The zero-order valence-electron chi connectivity index (χ0n) is 11.3. The first kappa shape index (κ1) is 13.2. The summed E-state index contributed by atoms with van der Waals surface area (Å²) in [5, 5.41) is 0.738. The Morgan fingerprint density at radius 2 is 1.90 bits per heavy atom. The molecular weight excluding hydrogens is 270 g/mol. The molecule has 0 amide bonds. The van der Waals surface area contributed by atoms with E-state index in [4.69, 9.17) is 22.3 Å². The first-order valence-electron chi connectivity index (χ1n) is 6.68. The third-order valence-corrected chi connectivity index (χ3v) is 3.79. The molecule has 102 valence electrons. The maximum Gasteiger partial charge on any atom is 0.141 e. The standard InChI is InChI=1S/C16H16ClN3/c1-2-20-15-13(17)4-3-5-14(15)19-16(20)12-8-6-11(10-18)7-9-12/h3-9H,2,10,18H2,1H3. The molecule has 0 radical (unpaired) electrons. The average molecular weight is 286 g/mol. The van der Waals surface area contributed by atoms with Crippen molar-refractivity contribution in [3.05, 3.63) is 53.1 Å². The summed E-state index contributed by atoms with van der Waals surface area (Å²) in [7, 11) is 0. The third-order valence-electron chi connectivity index (χ3n) is 3.48. The lowest BCUT2D eigenvalue weighted by atomic mass is 10.1. The van der Waals surface area contributed by atoms with Crippen LogP contribution in [0.25, 0.3) is 22.4 Å². The van der Waals surface area contributed by atoms with Gasteiger partial charge in [-0.25, -0.2) is 4.98 Å². The van der Waals surface area contributed by atoms with Crippen molar-refractivity contribution in [1.82, 2.24) is 9.55 Å². The molecular formula is C16H16ClN3. The van der Waals surface area contributed by atoms with Gasteiger partial charge in [-0.2, -0.15) is 0 Å². The van der Waals surface area contributed by atoms with Crippen molar-refractivity contribution < 1.29 is 0 Å². The molecule has 0 bridgehead atoms. The van der Waals surface area contributed by atoms with E-state index in [1.807, 2.05) is 30.3 Å². The minimum absolute atomic E-state index is 0.552. The molecule has 2 N–H and O–H groups in total. The number of imidazole rings is 1. The molecule has 0 spiro atoms. The Morgan fingerprint density at radius 3 is 2.55 bits per heavy atom. The number of halogens is 1. The molecule has 3 rings (SSSR count). The smallest absolute Gasteiger partial charge is 0.141 e. The van der Waals surface area contributed by atoms with E-state index >= 15 is 0 Å². The summed E-state index contributed by atoms with van der Waals surface area (Å²) in [5.41, 5.74) is 9.76. The van der Waals surface area contributed by atoms with Gasteiger partial charge in [0, 0.05) is 18.7 Å². The zero-order chi connectivity index (χ0) is 14.1. The van der Waals surface area contributed by atoms with Crippen LogP contribution >= 0.6 is 11.6 Å². The van der Waals surface area contributed by atoms with Crippen LogP contribution in [0.1, 0.15) is 12.5 Å². The van der Waals surface area contributed by atoms with Crippen LogP contribution in [0.5, 0.6) is 0 Å². The van der Waals surface area contributed by atoms with Crippen LogP contribution in [0, 0.1) is 0 Å². The highest BCUT2D eigenvalue weighted by Gasteiger charge is 2.13. The fraction of sp³-hybridized carbons (Fsp3) is 0.188. The summed E-state index contributed by atoms with van der Waals surface area (Å²) in [6, 6.07) is 14.0. The maximum absolute atomic E-state index is 6.31. The molecule has 0 fully saturated rings. The highest BCUT2D eigenvalue weighted by molar-refractivity contribution is 6.35. The van der Waals surface area contributed by atoms with E-state index in [1.54, 1.807) is 0 Å². The summed E-state index contributed by atoms with van der Waals surface area (Å²) in [6.45, 7) is 3.48. The number of nitrogens with zero attached hydrogens (tertiary/aromatic N) is 2. The van der Waals surface area contributed by atoms with E-state index in [0.717, 1.165) is 39.6 Å². The summed E-state index contributed by atoms with van der Waals surface area (Å²) in [4.78, 5) is 4.72. The highest BCUT2D eigenvalue weighted by atomic mass is 35.5. The van der Waals surface area contributed by atoms with E-state index in [2.05, 4.69) is 23.6 Å². The molecule has 1 heterocycles. The predicted octanol–water partition coefficient (Wildman–Crippen LogP) is 3.84. The van der Waals surface area contributed by atoms with Crippen LogP contribution in [-0.2, 0) is 13.1 Å². The van der Waals surface area contributed by atoms with Crippen LogP contribution in [0.15, 0.2) is 42.5 Å². The van der Waals surface area contributed by atoms with E-state index in [9.17, 15) is 0 Å². The molecule has 0 atom stereocenters. The van der Waals surface area contributed by atoms with Gasteiger partial charge >= 0.3 is 0 Å². The quantitative estimate of drug-likeness (QED) is 0.795. The average Bonchev–Trinajstić information content (AvgIpc) is 2.87. The molecule has 20 heavy (non-hydrogen) atoms. The zero-order valence-corrected chi connectivity index (χ0v) is 12.1. The Bertz CT molecular complexity index is 744. The van der Waals surface area contributed by atoms with E-state index in [0.29, 0.717) is 6.54 Å². The van der Waals surface area contributed by atoms with Crippen molar-refractivity contribution >= 4 is 22.6 Å². The molecule has 0 saturated carbocycles. The fourth-order valence-electron chi connectivity index (χ4n) is 2.46. The van der Waals surface area contributed by atoms with Gasteiger partial charge in [-0.05, 0) is 24.6 Å². The van der Waals surface area contributed by atoms with E-state index < -0.39 is 0 Å². The van der Waals surface area contributed by atoms with Crippen LogP contribution < -0.4 is 5.73 Å². The monoisotopic (exact) mass is 285 g/mol. The van der Waals surface area contributed by atoms with Crippen molar-refractivity contribution in [3.8, 4) is 11.4 Å². The fourth-order valence-corrected chi connectivity index (χ4v) is 2.73. The van der Waals surface area contributed by atoms with Gasteiger partial charge in [-0.15, -0.1) is 0 Å². The van der Waals surface area contributed by atoms with Crippen molar-refractivity contribution in [2.24, 2.45) is 5.73 Å². The van der Waals surface area contributed by atoms with Gasteiger partial charge in [-0.3, -0.25) is 0 Å². The predicted molar refractivity (Wildman–Crippen MR) is 83.7 cm³/mol. The number of para-hydroxylation sites is 1. The second-order valence-corrected chi connectivity index (χ2v) is 5.10. The van der Waals surface area contributed by atoms with Crippen molar-refractivity contribution in [2.45, 2.75) is 20.0 Å². The SMILES string of the molecule is CCn1c(-c2ccc(CN)cc2)nc2cccc(Cl)c21. The van der Waals surface area contributed by atoms with Gasteiger partial charge in [0.15, 0.2) is 0 Å². The van der Waals surface area contributed by atoms with Crippen LogP contribution in [0.2, 0.25) is 5.02 Å². The van der Waals surface area contributed by atoms with E-state index in [-0.39, 0.29) is 0 Å². The molecule has 4 heteroatoms. The molecule has 0 saturated heterocycles. The summed E-state index contributed by atoms with van der Waals surface area (Å²) in [6.07, 6.45) is 0. The Balaban J connectivity index is 2.22. The minimum atomic E-state index is 0.552. The topological polar surface area (TPSA) is 43.8 Å². The first-order chi connectivity index (χ1) is 9.74. The number of aryl methyl sites for hydroxylation is 1. The number of aromatic nitrogens is 2.